The zero-order valence-electron chi connectivity index (χ0n) is 17.8. The van der Waals surface area contributed by atoms with Crippen LogP contribution in [-0.2, 0) is 0 Å². The minimum atomic E-state index is 0.891. The van der Waals surface area contributed by atoms with Crippen LogP contribution in [0.1, 0.15) is 124 Å². The van der Waals surface area contributed by atoms with E-state index in [1.807, 2.05) is 0 Å². The summed E-state index contributed by atoms with van der Waals surface area (Å²) in [6.07, 6.45) is 21.4. The molecule has 0 spiro atoms. The predicted molar refractivity (Wildman–Crippen MR) is 112 cm³/mol. The van der Waals surface area contributed by atoms with Crippen molar-refractivity contribution in [3.63, 3.8) is 0 Å². The number of hydrogen-bond acceptors (Lipinski definition) is 1. The molecule has 0 aliphatic heterocycles. The molecule has 0 N–H and O–H groups in total. The maximum atomic E-state index is 2.75. The van der Waals surface area contributed by atoms with Gasteiger partial charge in [-0.05, 0) is 44.8 Å². The van der Waals surface area contributed by atoms with Crippen molar-refractivity contribution in [1.82, 2.24) is 4.90 Å². The van der Waals surface area contributed by atoms with E-state index in [1.165, 1.54) is 116 Å². The van der Waals surface area contributed by atoms with Crippen molar-refractivity contribution in [2.24, 2.45) is 5.92 Å². The summed E-state index contributed by atoms with van der Waals surface area (Å²) in [4.78, 5) is 2.75. The molecule has 0 saturated heterocycles. The molecule has 0 radical (unpaired) electrons. The first kappa shape index (κ1) is 24.0. The van der Waals surface area contributed by atoms with Gasteiger partial charge in [0.25, 0.3) is 0 Å². The van der Waals surface area contributed by atoms with Gasteiger partial charge in [0.05, 0.1) is 0 Å². The molecule has 0 aromatic rings. The van der Waals surface area contributed by atoms with Gasteiger partial charge in [0, 0.05) is 0 Å². The monoisotopic (exact) mass is 339 g/mol. The van der Waals surface area contributed by atoms with E-state index in [9.17, 15) is 0 Å². The lowest BCUT2D eigenvalue weighted by atomic mass is 10.0. The van der Waals surface area contributed by atoms with E-state index >= 15 is 0 Å². The van der Waals surface area contributed by atoms with E-state index in [0.717, 1.165) is 5.92 Å². The van der Waals surface area contributed by atoms with Gasteiger partial charge in [0.15, 0.2) is 0 Å². The van der Waals surface area contributed by atoms with Crippen LogP contribution in [0.4, 0.5) is 0 Å². The molecule has 0 bridgehead atoms. The summed E-state index contributed by atoms with van der Waals surface area (Å²) in [6.45, 7) is 13.3. The Hall–Kier alpha value is -0.0400. The summed E-state index contributed by atoms with van der Waals surface area (Å²) >= 11 is 0. The molecule has 0 aromatic heterocycles. The van der Waals surface area contributed by atoms with Crippen LogP contribution in [0.2, 0.25) is 0 Å². The molecule has 0 saturated carbocycles. The molecule has 0 unspecified atom stereocenters. The third-order valence-electron chi connectivity index (χ3n) is 5.16. The summed E-state index contributed by atoms with van der Waals surface area (Å²) in [5.41, 5.74) is 0. The van der Waals surface area contributed by atoms with Crippen LogP contribution >= 0.6 is 0 Å². The number of hydrogen-bond donors (Lipinski definition) is 0. The Balaban J connectivity index is 3.49. The lowest BCUT2D eigenvalue weighted by Gasteiger charge is -2.22. The fraction of sp³-hybridized carbons (Fsp3) is 1.00. The largest absolute Gasteiger partial charge is 0.303 e. The summed E-state index contributed by atoms with van der Waals surface area (Å²) in [7, 11) is 0. The molecule has 24 heavy (non-hydrogen) atoms. The normalized spacial score (nSPS) is 11.8. The highest BCUT2D eigenvalue weighted by atomic mass is 15.1. The fourth-order valence-electron chi connectivity index (χ4n) is 3.45. The van der Waals surface area contributed by atoms with Crippen LogP contribution in [0.3, 0.4) is 0 Å². The Labute approximate surface area is 155 Å². The van der Waals surface area contributed by atoms with Crippen LogP contribution < -0.4 is 0 Å². The van der Waals surface area contributed by atoms with Crippen molar-refractivity contribution >= 4 is 0 Å². The van der Waals surface area contributed by atoms with Crippen LogP contribution in [0.25, 0.3) is 0 Å². The molecule has 0 rings (SSSR count). The topological polar surface area (TPSA) is 3.24 Å². The van der Waals surface area contributed by atoms with Crippen LogP contribution in [-0.4, -0.2) is 24.5 Å². The average molecular weight is 340 g/mol. The highest BCUT2D eigenvalue weighted by molar-refractivity contribution is 4.59. The number of unbranched alkanes of at least 4 members (excludes halogenated alkanes) is 11. The van der Waals surface area contributed by atoms with Crippen molar-refractivity contribution < 1.29 is 0 Å². The third-order valence-corrected chi connectivity index (χ3v) is 5.16. The highest BCUT2D eigenvalue weighted by Gasteiger charge is 2.04. The second kappa shape index (κ2) is 19.3. The van der Waals surface area contributed by atoms with E-state index in [1.54, 1.807) is 0 Å². The quantitative estimate of drug-likeness (QED) is 0.217. The molecule has 146 valence electrons. The van der Waals surface area contributed by atoms with Gasteiger partial charge >= 0.3 is 0 Å². The van der Waals surface area contributed by atoms with Gasteiger partial charge in [0.2, 0.25) is 0 Å². The molecule has 0 aliphatic rings. The van der Waals surface area contributed by atoms with E-state index in [2.05, 4.69) is 32.6 Å². The fourth-order valence-corrected chi connectivity index (χ4v) is 3.45. The molecular weight excluding hydrogens is 290 g/mol. The molecule has 0 fully saturated rings. The summed E-state index contributed by atoms with van der Waals surface area (Å²) in [6, 6.07) is 0. The van der Waals surface area contributed by atoms with Gasteiger partial charge in [-0.1, -0.05) is 105 Å². The van der Waals surface area contributed by atoms with Gasteiger partial charge in [0.1, 0.15) is 0 Å². The van der Waals surface area contributed by atoms with Gasteiger partial charge < -0.3 is 4.90 Å². The smallest absolute Gasteiger partial charge is 0.00187 e. The third kappa shape index (κ3) is 18.3. The first-order chi connectivity index (χ1) is 11.7. The van der Waals surface area contributed by atoms with Gasteiger partial charge in [-0.25, -0.2) is 0 Å². The zero-order valence-corrected chi connectivity index (χ0v) is 17.8. The van der Waals surface area contributed by atoms with Crippen molar-refractivity contribution in [1.29, 1.82) is 0 Å². The van der Waals surface area contributed by atoms with E-state index in [4.69, 9.17) is 0 Å². The summed E-state index contributed by atoms with van der Waals surface area (Å²) in [5, 5.41) is 0. The van der Waals surface area contributed by atoms with Gasteiger partial charge in [-0.3, -0.25) is 0 Å². The minimum Gasteiger partial charge on any atom is -0.303 e. The Morgan fingerprint density at radius 3 is 1.29 bits per heavy atom. The first-order valence-corrected chi connectivity index (χ1v) is 11.4. The first-order valence-electron chi connectivity index (χ1n) is 11.4. The summed E-state index contributed by atoms with van der Waals surface area (Å²) in [5.74, 6) is 0.891. The molecule has 0 amide bonds. The molecule has 1 nitrogen and oxygen atoms in total. The minimum absolute atomic E-state index is 0.891. The number of rotatable bonds is 19. The average Bonchev–Trinajstić information content (AvgIpc) is 2.56. The predicted octanol–water partition coefficient (Wildman–Crippen LogP) is 7.84. The Kier molecular flexibility index (Phi) is 19.3. The zero-order chi connectivity index (χ0) is 17.9. The maximum Gasteiger partial charge on any atom is -0.00187 e. The van der Waals surface area contributed by atoms with Crippen LogP contribution in [0, 0.1) is 5.92 Å². The highest BCUT2D eigenvalue weighted by Crippen LogP contribution is 2.13. The maximum absolute atomic E-state index is 2.75. The van der Waals surface area contributed by atoms with Crippen molar-refractivity contribution in [2.45, 2.75) is 124 Å². The second-order valence-electron chi connectivity index (χ2n) is 8.27. The van der Waals surface area contributed by atoms with Gasteiger partial charge in [-0.2, -0.15) is 0 Å². The summed E-state index contributed by atoms with van der Waals surface area (Å²) < 4.78 is 0. The standard InChI is InChI=1S/C23H49N/c1-5-7-16-20-24(21-17-8-6-2)22-18-14-12-10-9-11-13-15-19-23(3)4/h23H,5-22H2,1-4H3. The van der Waals surface area contributed by atoms with Crippen molar-refractivity contribution in [2.75, 3.05) is 19.6 Å². The second-order valence-corrected chi connectivity index (χ2v) is 8.27. The SMILES string of the molecule is CCCCCN(CCCCC)CCCCCCCCCCC(C)C. The molecule has 0 aromatic carbocycles. The lowest BCUT2D eigenvalue weighted by Crippen LogP contribution is -2.27. The number of nitrogens with zero attached hydrogens (tertiary/aromatic N) is 1. The molecule has 0 heterocycles. The Morgan fingerprint density at radius 2 is 0.875 bits per heavy atom. The van der Waals surface area contributed by atoms with Crippen LogP contribution in [0.5, 0.6) is 0 Å². The molecular formula is C23H49N. The molecule has 0 atom stereocenters. The van der Waals surface area contributed by atoms with Crippen molar-refractivity contribution in [3.05, 3.63) is 0 Å². The molecule has 0 aliphatic carbocycles. The Bertz CT molecular complexity index is 214. The van der Waals surface area contributed by atoms with Crippen LogP contribution in [0.15, 0.2) is 0 Å². The van der Waals surface area contributed by atoms with E-state index in [0.29, 0.717) is 0 Å². The van der Waals surface area contributed by atoms with Crippen molar-refractivity contribution in [3.8, 4) is 0 Å². The Morgan fingerprint density at radius 1 is 0.500 bits per heavy atom. The van der Waals surface area contributed by atoms with E-state index in [-0.39, 0.29) is 0 Å². The van der Waals surface area contributed by atoms with E-state index < -0.39 is 0 Å². The lowest BCUT2D eigenvalue weighted by molar-refractivity contribution is 0.255. The molecule has 1 heteroatoms. The van der Waals surface area contributed by atoms with Gasteiger partial charge in [-0.15, -0.1) is 0 Å².